The van der Waals surface area contributed by atoms with Crippen molar-refractivity contribution < 1.29 is 19.1 Å². The van der Waals surface area contributed by atoms with Crippen LogP contribution in [0.15, 0.2) is 41.8 Å². The van der Waals surface area contributed by atoms with Crippen molar-refractivity contribution in [3.05, 3.63) is 41.8 Å². The number of nitrogens with zero attached hydrogens (tertiary/aromatic N) is 2. The first-order valence-electron chi connectivity index (χ1n) is 9.42. The quantitative estimate of drug-likeness (QED) is 0.603. The second-order valence-electron chi connectivity index (χ2n) is 7.13. The molecule has 29 heavy (non-hydrogen) atoms. The number of aromatic nitrogens is 1. The molecule has 1 aromatic heterocycles. The third kappa shape index (κ3) is 3.55. The first-order valence-corrected chi connectivity index (χ1v) is 10.3. The normalized spacial score (nSPS) is 21.8. The molecule has 7 nitrogen and oxygen atoms in total. The summed E-state index contributed by atoms with van der Waals surface area (Å²) >= 11 is 1.29. The third-order valence-electron chi connectivity index (χ3n) is 5.43. The zero-order valence-electron chi connectivity index (χ0n) is 16.1. The van der Waals surface area contributed by atoms with Crippen LogP contribution in [0.3, 0.4) is 0 Å². The van der Waals surface area contributed by atoms with Crippen LogP contribution in [0, 0.1) is 11.8 Å². The number of nitrogens with one attached hydrogen (secondary N) is 1. The number of hydrogen-bond acceptors (Lipinski definition) is 6. The summed E-state index contributed by atoms with van der Waals surface area (Å²) in [6.07, 6.45) is 4.96. The summed E-state index contributed by atoms with van der Waals surface area (Å²) in [5.74, 6) is -0.875. The topological polar surface area (TPSA) is 88.6 Å². The van der Waals surface area contributed by atoms with E-state index in [1.165, 1.54) is 11.3 Å². The summed E-state index contributed by atoms with van der Waals surface area (Å²) in [5.41, 5.74) is 1.63. The number of allylic oxidation sites excluding steroid dienone is 2. The molecular weight excluding hydrogens is 390 g/mol. The number of rotatable bonds is 5. The minimum absolute atomic E-state index is 0.259. The highest BCUT2D eigenvalue weighted by molar-refractivity contribution is 7.14. The van der Waals surface area contributed by atoms with Crippen molar-refractivity contribution in [3.8, 4) is 17.0 Å². The summed E-state index contributed by atoms with van der Waals surface area (Å²) in [7, 11) is 1.61. The molecule has 0 radical (unpaired) electrons. The fourth-order valence-electron chi connectivity index (χ4n) is 3.76. The van der Waals surface area contributed by atoms with Crippen molar-refractivity contribution in [1.82, 2.24) is 9.88 Å². The van der Waals surface area contributed by atoms with Crippen LogP contribution >= 0.6 is 11.3 Å². The van der Waals surface area contributed by atoms with E-state index in [9.17, 15) is 14.4 Å². The Labute approximate surface area is 172 Å². The fraction of sp³-hybridized carbons (Fsp3) is 0.333. The minimum Gasteiger partial charge on any atom is -0.497 e. The van der Waals surface area contributed by atoms with Gasteiger partial charge in [-0.3, -0.25) is 19.3 Å². The van der Waals surface area contributed by atoms with E-state index in [4.69, 9.17) is 4.74 Å². The Morgan fingerprint density at radius 1 is 1.17 bits per heavy atom. The van der Waals surface area contributed by atoms with Gasteiger partial charge in [-0.05, 0) is 44.0 Å². The van der Waals surface area contributed by atoms with E-state index in [1.807, 2.05) is 41.8 Å². The van der Waals surface area contributed by atoms with Gasteiger partial charge in [0.2, 0.25) is 17.7 Å². The largest absolute Gasteiger partial charge is 0.497 e. The van der Waals surface area contributed by atoms with Crippen molar-refractivity contribution in [1.29, 1.82) is 0 Å². The number of benzene rings is 1. The molecular formula is C21H21N3O4S. The molecule has 0 spiro atoms. The molecule has 4 rings (SSSR count). The van der Waals surface area contributed by atoms with E-state index < -0.39 is 11.9 Å². The predicted molar refractivity (Wildman–Crippen MR) is 109 cm³/mol. The smallest absolute Gasteiger partial charge is 0.249 e. The Hall–Kier alpha value is -3.00. The number of methoxy groups -OCH3 is 1. The van der Waals surface area contributed by atoms with Gasteiger partial charge in [-0.2, -0.15) is 0 Å². The van der Waals surface area contributed by atoms with Crippen molar-refractivity contribution in [3.63, 3.8) is 0 Å². The second kappa shape index (κ2) is 7.79. The fourth-order valence-corrected chi connectivity index (χ4v) is 4.48. The molecule has 1 aliphatic heterocycles. The van der Waals surface area contributed by atoms with Crippen molar-refractivity contribution >= 4 is 34.2 Å². The average molecular weight is 411 g/mol. The van der Waals surface area contributed by atoms with Crippen LogP contribution in [-0.4, -0.2) is 40.8 Å². The van der Waals surface area contributed by atoms with Crippen LogP contribution in [0.1, 0.15) is 19.8 Å². The Bertz CT molecular complexity index is 956. The van der Waals surface area contributed by atoms with Gasteiger partial charge in [0.05, 0.1) is 24.6 Å². The standard InChI is InChI=1S/C21H21N3O4S/c1-12(24-19(26)15-5-3-4-6-16(15)20(24)27)18(25)23-21-22-17(11-29-21)13-7-9-14(28-2)10-8-13/h3-4,7-12,15-16H,5-6H2,1-2H3,(H,22,23,25)/t12-,15?,16?/m0/s1. The molecule has 2 aromatic rings. The number of thiazole rings is 1. The van der Waals surface area contributed by atoms with Crippen LogP contribution in [0.25, 0.3) is 11.3 Å². The van der Waals surface area contributed by atoms with Crippen LogP contribution in [-0.2, 0) is 14.4 Å². The van der Waals surface area contributed by atoms with Crippen LogP contribution in [0.4, 0.5) is 5.13 Å². The van der Waals surface area contributed by atoms with E-state index >= 15 is 0 Å². The van der Waals surface area contributed by atoms with Crippen molar-refractivity contribution in [2.75, 3.05) is 12.4 Å². The number of anilines is 1. The number of likely N-dealkylation sites (tertiary alicyclic amines) is 1. The lowest BCUT2D eigenvalue weighted by Gasteiger charge is -2.21. The molecule has 150 valence electrons. The van der Waals surface area contributed by atoms with Gasteiger partial charge in [-0.25, -0.2) is 4.98 Å². The predicted octanol–water partition coefficient (Wildman–Crippen LogP) is 3.10. The first-order chi connectivity index (χ1) is 14.0. The zero-order chi connectivity index (χ0) is 20.5. The van der Waals surface area contributed by atoms with Gasteiger partial charge >= 0.3 is 0 Å². The molecule has 0 saturated carbocycles. The highest BCUT2D eigenvalue weighted by Gasteiger charge is 2.50. The van der Waals surface area contributed by atoms with Gasteiger partial charge in [0.1, 0.15) is 11.8 Å². The minimum atomic E-state index is -0.881. The summed E-state index contributed by atoms with van der Waals surface area (Å²) < 4.78 is 5.15. The van der Waals surface area contributed by atoms with Crippen molar-refractivity contribution in [2.24, 2.45) is 11.8 Å². The zero-order valence-corrected chi connectivity index (χ0v) is 16.9. The average Bonchev–Trinajstić information content (AvgIpc) is 3.31. The number of imide groups is 1. The molecule has 3 amide bonds. The van der Waals surface area contributed by atoms with E-state index in [0.717, 1.165) is 21.9 Å². The molecule has 8 heteroatoms. The molecule has 3 atom stereocenters. The highest BCUT2D eigenvalue weighted by atomic mass is 32.1. The third-order valence-corrected chi connectivity index (χ3v) is 6.19. The van der Waals surface area contributed by atoms with E-state index in [-0.39, 0.29) is 23.7 Å². The van der Waals surface area contributed by atoms with Gasteiger partial charge in [0, 0.05) is 10.9 Å². The SMILES string of the molecule is COc1ccc(-c2csc(NC(=O)[C@H](C)N3C(=O)C4CC=CCC4C3=O)n2)cc1. The Balaban J connectivity index is 1.45. The number of ether oxygens (including phenoxy) is 1. The number of carbonyl (C=O) groups is 3. The van der Waals surface area contributed by atoms with Crippen LogP contribution in [0.5, 0.6) is 5.75 Å². The molecule has 2 aliphatic rings. The van der Waals surface area contributed by atoms with Crippen molar-refractivity contribution in [2.45, 2.75) is 25.8 Å². The number of carbonyl (C=O) groups excluding carboxylic acids is 3. The monoisotopic (exact) mass is 411 g/mol. The molecule has 1 saturated heterocycles. The summed E-state index contributed by atoms with van der Waals surface area (Å²) in [5, 5.41) is 5.00. The lowest BCUT2D eigenvalue weighted by Crippen LogP contribution is -2.46. The lowest BCUT2D eigenvalue weighted by atomic mass is 9.85. The van der Waals surface area contributed by atoms with Gasteiger partial charge in [0.15, 0.2) is 5.13 Å². The molecule has 1 fully saturated rings. The van der Waals surface area contributed by atoms with Gasteiger partial charge in [-0.15, -0.1) is 11.3 Å². The Kier molecular flexibility index (Phi) is 5.19. The van der Waals surface area contributed by atoms with Gasteiger partial charge in [0.25, 0.3) is 0 Å². The first kappa shape index (κ1) is 19.3. The molecule has 1 N–H and O–H groups in total. The summed E-state index contributed by atoms with van der Waals surface area (Å²) in [4.78, 5) is 43.6. The van der Waals surface area contributed by atoms with E-state index in [2.05, 4.69) is 10.3 Å². The summed E-state index contributed by atoms with van der Waals surface area (Å²) in [6.45, 7) is 1.58. The van der Waals surface area contributed by atoms with Gasteiger partial charge in [-0.1, -0.05) is 12.2 Å². The van der Waals surface area contributed by atoms with Crippen LogP contribution in [0.2, 0.25) is 0 Å². The highest BCUT2D eigenvalue weighted by Crippen LogP contribution is 2.36. The number of fused-ring (bicyclic) bond motifs is 1. The van der Waals surface area contributed by atoms with Crippen LogP contribution < -0.4 is 10.1 Å². The Morgan fingerprint density at radius 2 is 1.79 bits per heavy atom. The van der Waals surface area contributed by atoms with E-state index in [0.29, 0.717) is 18.0 Å². The molecule has 2 unspecified atom stereocenters. The number of amides is 3. The molecule has 1 aromatic carbocycles. The molecule has 1 aliphatic carbocycles. The lowest BCUT2D eigenvalue weighted by molar-refractivity contribution is -0.146. The van der Waals surface area contributed by atoms with Gasteiger partial charge < -0.3 is 10.1 Å². The maximum Gasteiger partial charge on any atom is 0.249 e. The Morgan fingerprint density at radius 3 is 2.38 bits per heavy atom. The number of hydrogen-bond donors (Lipinski definition) is 1. The molecule has 0 bridgehead atoms. The molecule has 2 heterocycles. The maximum atomic E-state index is 12.7. The summed E-state index contributed by atoms with van der Waals surface area (Å²) in [6, 6.07) is 6.58. The van der Waals surface area contributed by atoms with E-state index in [1.54, 1.807) is 14.0 Å². The maximum absolute atomic E-state index is 12.7. The second-order valence-corrected chi connectivity index (χ2v) is 7.99.